The van der Waals surface area contributed by atoms with Crippen molar-refractivity contribution in [2.45, 2.75) is 11.0 Å². The lowest BCUT2D eigenvalue weighted by Crippen LogP contribution is -2.42. The van der Waals surface area contributed by atoms with Crippen molar-refractivity contribution in [2.75, 3.05) is 20.2 Å². The van der Waals surface area contributed by atoms with Gasteiger partial charge in [0.1, 0.15) is 0 Å². The van der Waals surface area contributed by atoms with Crippen molar-refractivity contribution < 1.29 is 27.9 Å². The Morgan fingerprint density at radius 3 is 2.43 bits per heavy atom. The van der Waals surface area contributed by atoms with Gasteiger partial charge in [0, 0.05) is 7.11 Å². The van der Waals surface area contributed by atoms with E-state index in [1.807, 2.05) is 0 Å². The smallest absolute Gasteiger partial charge is 0.334 e. The van der Waals surface area contributed by atoms with Gasteiger partial charge in [-0.3, -0.25) is 4.79 Å². The highest BCUT2D eigenvalue weighted by Gasteiger charge is 2.18. The van der Waals surface area contributed by atoms with E-state index in [1.165, 1.54) is 19.2 Å². The monoisotopic (exact) mass is 316 g/mol. The first-order chi connectivity index (χ1) is 9.86. The number of nitrogens with one attached hydrogen (secondary N) is 2. The van der Waals surface area contributed by atoms with Gasteiger partial charge in [-0.1, -0.05) is 18.2 Å². The number of amides is 1. The maximum absolute atomic E-state index is 11.8. The van der Waals surface area contributed by atoms with Gasteiger partial charge in [-0.15, -0.1) is 0 Å². The summed E-state index contributed by atoms with van der Waals surface area (Å²) >= 11 is 0. The lowest BCUT2D eigenvalue weighted by molar-refractivity contribution is -0.148. The van der Waals surface area contributed by atoms with Crippen LogP contribution >= 0.6 is 0 Å². The fraction of sp³-hybridized carbons (Fsp3) is 0.333. The summed E-state index contributed by atoms with van der Waals surface area (Å²) in [5, 5.41) is 11.0. The molecule has 0 spiro atoms. The van der Waals surface area contributed by atoms with Gasteiger partial charge >= 0.3 is 5.97 Å². The average molecular weight is 316 g/mol. The van der Waals surface area contributed by atoms with Crippen LogP contribution in [0.25, 0.3) is 0 Å². The molecule has 1 rings (SSSR count). The van der Waals surface area contributed by atoms with E-state index in [1.54, 1.807) is 18.2 Å². The maximum Gasteiger partial charge on any atom is 0.334 e. The Kier molecular flexibility index (Phi) is 6.28. The van der Waals surface area contributed by atoms with Crippen LogP contribution in [0, 0.1) is 0 Å². The Morgan fingerprint density at radius 2 is 1.90 bits per heavy atom. The number of rotatable bonds is 8. The molecule has 3 N–H and O–H groups in total. The molecule has 9 heteroatoms. The SMILES string of the molecule is COC(CNC(=O)CNS(=O)(=O)c1ccccc1)C(=O)O. The van der Waals surface area contributed by atoms with Crippen LogP contribution in [-0.2, 0) is 24.3 Å². The van der Waals surface area contributed by atoms with E-state index in [4.69, 9.17) is 5.11 Å². The van der Waals surface area contributed by atoms with Crippen molar-refractivity contribution in [3.05, 3.63) is 30.3 Å². The van der Waals surface area contributed by atoms with Crippen LogP contribution in [0.4, 0.5) is 0 Å². The molecule has 0 aliphatic carbocycles. The zero-order valence-electron chi connectivity index (χ0n) is 11.3. The van der Waals surface area contributed by atoms with Crippen LogP contribution in [0.1, 0.15) is 0 Å². The zero-order valence-corrected chi connectivity index (χ0v) is 12.1. The minimum Gasteiger partial charge on any atom is -0.479 e. The first-order valence-electron chi connectivity index (χ1n) is 5.94. The number of ether oxygens (including phenoxy) is 1. The molecule has 116 valence electrons. The van der Waals surface area contributed by atoms with Crippen LogP contribution in [0.15, 0.2) is 35.2 Å². The fourth-order valence-corrected chi connectivity index (χ4v) is 2.39. The van der Waals surface area contributed by atoms with Crippen LogP contribution in [0.5, 0.6) is 0 Å². The van der Waals surface area contributed by atoms with Gasteiger partial charge in [0.2, 0.25) is 15.9 Å². The van der Waals surface area contributed by atoms with E-state index in [0.29, 0.717) is 0 Å². The van der Waals surface area contributed by atoms with Gasteiger partial charge in [0.25, 0.3) is 0 Å². The lowest BCUT2D eigenvalue weighted by Gasteiger charge is -2.12. The summed E-state index contributed by atoms with van der Waals surface area (Å²) in [6.07, 6.45) is -1.18. The third-order valence-corrected chi connectivity index (χ3v) is 3.94. The number of carboxylic acid groups (broad SMARTS) is 1. The first kappa shape index (κ1) is 17.1. The van der Waals surface area contributed by atoms with Crippen LogP contribution in [0.2, 0.25) is 0 Å². The Hall–Kier alpha value is -1.97. The second-order valence-electron chi connectivity index (χ2n) is 4.00. The number of carboxylic acids is 1. The molecule has 8 nitrogen and oxygen atoms in total. The van der Waals surface area contributed by atoms with E-state index in [9.17, 15) is 18.0 Å². The molecule has 0 aliphatic heterocycles. The largest absolute Gasteiger partial charge is 0.479 e. The molecule has 0 saturated heterocycles. The molecule has 0 aromatic heterocycles. The van der Waals surface area contributed by atoms with Gasteiger partial charge in [0.05, 0.1) is 18.0 Å². The van der Waals surface area contributed by atoms with Crippen molar-refractivity contribution >= 4 is 21.9 Å². The molecule has 0 heterocycles. The highest BCUT2D eigenvalue weighted by atomic mass is 32.2. The topological polar surface area (TPSA) is 122 Å². The highest BCUT2D eigenvalue weighted by Crippen LogP contribution is 2.06. The van der Waals surface area contributed by atoms with Gasteiger partial charge < -0.3 is 15.2 Å². The molecule has 0 radical (unpaired) electrons. The lowest BCUT2D eigenvalue weighted by atomic mass is 10.3. The molecule has 0 bridgehead atoms. The Balaban J connectivity index is 2.48. The summed E-state index contributed by atoms with van der Waals surface area (Å²) in [6, 6.07) is 7.58. The van der Waals surface area contributed by atoms with Crippen molar-refractivity contribution in [1.82, 2.24) is 10.0 Å². The molecular formula is C12H16N2O6S. The number of carbonyl (C=O) groups excluding carboxylic acids is 1. The van der Waals surface area contributed by atoms with Crippen molar-refractivity contribution in [3.8, 4) is 0 Å². The second kappa shape index (κ2) is 7.72. The second-order valence-corrected chi connectivity index (χ2v) is 5.77. The van der Waals surface area contributed by atoms with E-state index < -0.39 is 34.5 Å². The Morgan fingerprint density at radius 1 is 1.29 bits per heavy atom. The molecule has 1 atom stereocenters. The van der Waals surface area contributed by atoms with Gasteiger partial charge in [-0.25, -0.2) is 17.9 Å². The predicted molar refractivity (Wildman–Crippen MR) is 73.1 cm³/mol. The van der Waals surface area contributed by atoms with Gasteiger partial charge in [-0.05, 0) is 12.1 Å². The number of methoxy groups -OCH3 is 1. The number of benzene rings is 1. The standard InChI is InChI=1S/C12H16N2O6S/c1-20-10(12(16)17)7-13-11(15)8-14-21(18,19)9-5-3-2-4-6-9/h2-6,10,14H,7-8H2,1H3,(H,13,15)(H,16,17). The van der Waals surface area contributed by atoms with Crippen LogP contribution in [0.3, 0.4) is 0 Å². The fourth-order valence-electron chi connectivity index (χ4n) is 1.38. The number of sulfonamides is 1. The van der Waals surface area contributed by atoms with Crippen LogP contribution < -0.4 is 10.0 Å². The number of hydrogen-bond donors (Lipinski definition) is 3. The molecule has 0 fully saturated rings. The molecule has 1 aromatic carbocycles. The minimum atomic E-state index is -3.77. The van der Waals surface area contributed by atoms with E-state index >= 15 is 0 Å². The summed E-state index contributed by atoms with van der Waals surface area (Å²) < 4.78 is 30.4. The van der Waals surface area contributed by atoms with Crippen molar-refractivity contribution in [2.24, 2.45) is 0 Å². The zero-order chi connectivity index (χ0) is 15.9. The summed E-state index contributed by atoms with van der Waals surface area (Å²) in [7, 11) is -2.58. The van der Waals surface area contributed by atoms with E-state index in [2.05, 4.69) is 14.8 Å². The normalized spacial score (nSPS) is 12.6. The van der Waals surface area contributed by atoms with E-state index in [0.717, 1.165) is 0 Å². The highest BCUT2D eigenvalue weighted by molar-refractivity contribution is 7.89. The maximum atomic E-state index is 11.8. The summed E-state index contributed by atoms with van der Waals surface area (Å²) in [6.45, 7) is -0.745. The molecule has 21 heavy (non-hydrogen) atoms. The summed E-state index contributed by atoms with van der Waals surface area (Å²) in [5.74, 6) is -1.87. The number of carbonyl (C=O) groups is 2. The summed E-state index contributed by atoms with van der Waals surface area (Å²) in [4.78, 5) is 22.2. The first-order valence-corrected chi connectivity index (χ1v) is 7.42. The number of hydrogen-bond acceptors (Lipinski definition) is 5. The van der Waals surface area contributed by atoms with Crippen molar-refractivity contribution in [1.29, 1.82) is 0 Å². The predicted octanol–water partition coefficient (Wildman–Crippen LogP) is -0.819. The minimum absolute atomic E-state index is 0.0399. The molecular weight excluding hydrogens is 300 g/mol. The molecule has 1 aromatic rings. The molecule has 1 amide bonds. The van der Waals surface area contributed by atoms with Gasteiger partial charge in [-0.2, -0.15) is 0 Å². The van der Waals surface area contributed by atoms with Gasteiger partial charge in [0.15, 0.2) is 6.10 Å². The molecule has 0 saturated carbocycles. The average Bonchev–Trinajstić information content (AvgIpc) is 2.46. The van der Waals surface area contributed by atoms with Crippen LogP contribution in [-0.4, -0.2) is 51.7 Å². The van der Waals surface area contributed by atoms with Crippen molar-refractivity contribution in [3.63, 3.8) is 0 Å². The summed E-state index contributed by atoms with van der Waals surface area (Å²) in [5.41, 5.74) is 0. The van der Waals surface area contributed by atoms with E-state index in [-0.39, 0.29) is 11.4 Å². The third kappa shape index (κ3) is 5.50. The number of aliphatic carboxylic acids is 1. The molecule has 0 aliphatic rings. The Bertz CT molecular complexity index is 587. The third-order valence-electron chi connectivity index (χ3n) is 2.52. The molecule has 1 unspecified atom stereocenters. The Labute approximate surface area is 122 Å². The quantitative estimate of drug-likeness (QED) is 0.576.